The third kappa shape index (κ3) is 3.87. The van der Waals surface area contributed by atoms with Gasteiger partial charge in [-0.05, 0) is 18.6 Å². The number of aromatic nitrogens is 3. The molecule has 0 aliphatic carbocycles. The number of carbonyl (C=O) groups excluding carboxylic acids is 2. The number of hydrogen-bond acceptors (Lipinski definition) is 4. The summed E-state index contributed by atoms with van der Waals surface area (Å²) in [6.07, 6.45) is 1.78. The van der Waals surface area contributed by atoms with Gasteiger partial charge in [0.15, 0.2) is 0 Å². The van der Waals surface area contributed by atoms with Crippen molar-refractivity contribution in [1.29, 1.82) is 0 Å². The van der Waals surface area contributed by atoms with Crippen molar-refractivity contribution in [2.75, 3.05) is 11.9 Å². The molecule has 2 amide bonds. The summed E-state index contributed by atoms with van der Waals surface area (Å²) < 4.78 is 2.94. The van der Waals surface area contributed by atoms with Gasteiger partial charge in [-0.25, -0.2) is 0 Å². The lowest BCUT2D eigenvalue weighted by atomic mass is 10.1. The second-order valence-electron chi connectivity index (χ2n) is 8.38. The fourth-order valence-corrected chi connectivity index (χ4v) is 4.32. The van der Waals surface area contributed by atoms with Crippen LogP contribution in [-0.2, 0) is 17.9 Å². The van der Waals surface area contributed by atoms with Crippen molar-refractivity contribution >= 4 is 23.1 Å². The second kappa shape index (κ2) is 8.97. The zero-order valence-corrected chi connectivity index (χ0v) is 18.9. The van der Waals surface area contributed by atoms with Gasteiger partial charge in [-0.1, -0.05) is 61.9 Å². The van der Waals surface area contributed by atoms with E-state index in [-0.39, 0.29) is 36.2 Å². The van der Waals surface area contributed by atoms with Crippen LogP contribution >= 0.6 is 0 Å². The van der Waals surface area contributed by atoms with Crippen LogP contribution in [0.1, 0.15) is 35.8 Å². The summed E-state index contributed by atoms with van der Waals surface area (Å²) in [5, 5.41) is 7.41. The molecule has 1 N–H and O–H groups in total. The largest absolute Gasteiger partial charge is 0.333 e. The summed E-state index contributed by atoms with van der Waals surface area (Å²) in [6, 6.07) is 20.4. The molecule has 3 heterocycles. The maximum Gasteiger partial charge on any atom is 0.280 e. The van der Waals surface area contributed by atoms with Gasteiger partial charge in [0.1, 0.15) is 17.9 Å². The molecule has 0 fully saturated rings. The fourth-order valence-electron chi connectivity index (χ4n) is 4.32. The third-order valence-corrected chi connectivity index (χ3v) is 6.02. The molecule has 0 atom stereocenters. The molecule has 0 spiro atoms. The highest BCUT2D eigenvalue weighted by Crippen LogP contribution is 2.25. The van der Waals surface area contributed by atoms with Crippen LogP contribution in [0.25, 0.3) is 16.9 Å². The maximum absolute atomic E-state index is 13.4. The van der Waals surface area contributed by atoms with Gasteiger partial charge < -0.3 is 14.8 Å². The normalized spacial score (nSPS) is 12.9. The standard InChI is InChI=1S/C26H25N5O3/c1-2-3-14-29-16-20-24(26(29)34)30(17-22(32)27-19-12-8-5-9-13-19)23-15-21(28-31(23)25(20)33)18-10-6-4-7-11-18/h4-13,15H,2-3,14,16-17H2,1H3,(H,27,32). The highest BCUT2D eigenvalue weighted by atomic mass is 16.2. The van der Waals surface area contributed by atoms with Crippen molar-refractivity contribution in [3.05, 3.63) is 88.3 Å². The number of rotatable bonds is 7. The van der Waals surface area contributed by atoms with Crippen LogP contribution in [0, 0.1) is 0 Å². The Morgan fingerprint density at radius 2 is 1.74 bits per heavy atom. The molecule has 8 nitrogen and oxygen atoms in total. The fraction of sp³-hybridized carbons (Fsp3) is 0.231. The number of amides is 2. The molecule has 0 saturated heterocycles. The van der Waals surface area contributed by atoms with Crippen molar-refractivity contribution in [2.45, 2.75) is 32.9 Å². The highest BCUT2D eigenvalue weighted by molar-refractivity contribution is 5.98. The van der Waals surface area contributed by atoms with E-state index in [0.717, 1.165) is 18.4 Å². The van der Waals surface area contributed by atoms with Crippen molar-refractivity contribution in [1.82, 2.24) is 19.1 Å². The van der Waals surface area contributed by atoms with Gasteiger partial charge in [0.2, 0.25) is 5.91 Å². The molecule has 1 aliphatic rings. The summed E-state index contributed by atoms with van der Waals surface area (Å²) in [7, 11) is 0. The molecule has 34 heavy (non-hydrogen) atoms. The molecule has 1 aliphatic heterocycles. The van der Waals surface area contributed by atoms with Gasteiger partial charge in [0.25, 0.3) is 11.5 Å². The number of para-hydroxylation sites is 1. The van der Waals surface area contributed by atoms with Gasteiger partial charge in [-0.15, -0.1) is 0 Å². The maximum atomic E-state index is 13.4. The van der Waals surface area contributed by atoms with Gasteiger partial charge in [-0.2, -0.15) is 9.61 Å². The molecule has 0 saturated carbocycles. The molecule has 0 bridgehead atoms. The predicted octanol–water partition coefficient (Wildman–Crippen LogP) is 3.56. The SMILES string of the molecule is CCCCN1Cc2c(n(CC(=O)Nc3ccccc3)c3cc(-c4ccccc4)nn3c2=O)C1=O. The summed E-state index contributed by atoms with van der Waals surface area (Å²) in [4.78, 5) is 41.4. The van der Waals surface area contributed by atoms with E-state index in [4.69, 9.17) is 0 Å². The Labute approximate surface area is 196 Å². The third-order valence-electron chi connectivity index (χ3n) is 6.02. The lowest BCUT2D eigenvalue weighted by molar-refractivity contribution is -0.116. The van der Waals surface area contributed by atoms with E-state index >= 15 is 0 Å². The molecule has 172 valence electrons. The van der Waals surface area contributed by atoms with E-state index in [1.807, 2.05) is 48.5 Å². The topological polar surface area (TPSA) is 88.7 Å². The first-order valence-corrected chi connectivity index (χ1v) is 11.4. The van der Waals surface area contributed by atoms with Crippen molar-refractivity contribution in [3.63, 3.8) is 0 Å². The van der Waals surface area contributed by atoms with Crippen LogP contribution in [0.2, 0.25) is 0 Å². The van der Waals surface area contributed by atoms with Crippen LogP contribution in [0.3, 0.4) is 0 Å². The van der Waals surface area contributed by atoms with Crippen molar-refractivity contribution in [2.24, 2.45) is 0 Å². The average Bonchev–Trinajstić information content (AvgIpc) is 3.44. The van der Waals surface area contributed by atoms with Gasteiger partial charge in [-0.3, -0.25) is 14.4 Å². The summed E-state index contributed by atoms with van der Waals surface area (Å²) >= 11 is 0. The lowest BCUT2D eigenvalue weighted by Gasteiger charge is -2.16. The zero-order valence-electron chi connectivity index (χ0n) is 18.9. The Balaban J connectivity index is 1.62. The molecule has 5 rings (SSSR count). The second-order valence-corrected chi connectivity index (χ2v) is 8.38. The Hall–Kier alpha value is -4.20. The molecule has 4 aromatic rings. The lowest BCUT2D eigenvalue weighted by Crippen LogP contribution is -2.30. The quantitative estimate of drug-likeness (QED) is 0.462. The van der Waals surface area contributed by atoms with Gasteiger partial charge >= 0.3 is 0 Å². The first-order valence-electron chi connectivity index (χ1n) is 11.4. The van der Waals surface area contributed by atoms with Crippen LogP contribution in [0.15, 0.2) is 71.5 Å². The Morgan fingerprint density at radius 3 is 2.44 bits per heavy atom. The minimum Gasteiger partial charge on any atom is -0.333 e. The summed E-state index contributed by atoms with van der Waals surface area (Å²) in [5.41, 5.74) is 2.86. The summed E-state index contributed by atoms with van der Waals surface area (Å²) in [5.74, 6) is -0.515. The molecule has 2 aromatic carbocycles. The van der Waals surface area contributed by atoms with E-state index < -0.39 is 0 Å². The predicted molar refractivity (Wildman–Crippen MR) is 130 cm³/mol. The highest BCUT2D eigenvalue weighted by Gasteiger charge is 2.34. The van der Waals surface area contributed by atoms with E-state index in [1.165, 1.54) is 4.52 Å². The van der Waals surface area contributed by atoms with E-state index in [2.05, 4.69) is 17.3 Å². The van der Waals surface area contributed by atoms with E-state index in [0.29, 0.717) is 29.1 Å². The van der Waals surface area contributed by atoms with Crippen LogP contribution in [0.5, 0.6) is 0 Å². The first-order chi connectivity index (χ1) is 16.6. The first kappa shape index (κ1) is 21.6. The number of unbranched alkanes of at least 4 members (excludes halogenated alkanes) is 1. The molecule has 2 aromatic heterocycles. The van der Waals surface area contributed by atoms with Crippen LogP contribution < -0.4 is 10.9 Å². The Morgan fingerprint density at radius 1 is 1.03 bits per heavy atom. The molecule has 0 radical (unpaired) electrons. The number of nitrogens with one attached hydrogen (secondary N) is 1. The Bertz CT molecular complexity index is 1420. The molecular weight excluding hydrogens is 430 g/mol. The van der Waals surface area contributed by atoms with Gasteiger partial charge in [0.05, 0.1) is 17.8 Å². The average molecular weight is 456 g/mol. The number of nitrogens with zero attached hydrogens (tertiary/aromatic N) is 4. The zero-order chi connectivity index (χ0) is 23.7. The number of anilines is 1. The Kier molecular flexibility index (Phi) is 5.71. The van der Waals surface area contributed by atoms with E-state index in [1.54, 1.807) is 27.7 Å². The summed E-state index contributed by atoms with van der Waals surface area (Å²) in [6.45, 7) is 2.73. The van der Waals surface area contributed by atoms with Crippen molar-refractivity contribution in [3.8, 4) is 11.3 Å². The van der Waals surface area contributed by atoms with Crippen LogP contribution in [0.4, 0.5) is 5.69 Å². The molecular formula is C26H25N5O3. The van der Waals surface area contributed by atoms with E-state index in [9.17, 15) is 14.4 Å². The minimum atomic E-state index is -0.320. The van der Waals surface area contributed by atoms with Crippen molar-refractivity contribution < 1.29 is 9.59 Å². The number of fused-ring (bicyclic) bond motifs is 2. The number of benzene rings is 2. The molecule has 8 heteroatoms. The molecule has 0 unspecified atom stereocenters. The monoisotopic (exact) mass is 455 g/mol. The van der Waals surface area contributed by atoms with Crippen LogP contribution in [-0.4, -0.2) is 37.4 Å². The number of carbonyl (C=O) groups is 2. The minimum absolute atomic E-state index is 0.117. The number of hydrogen-bond donors (Lipinski definition) is 1. The van der Waals surface area contributed by atoms with Gasteiger partial charge in [0, 0.05) is 23.9 Å². The smallest absolute Gasteiger partial charge is 0.280 e.